The maximum atomic E-state index is 12.9. The number of likely N-dealkylation sites (tertiary alicyclic amines) is 1. The van der Waals surface area contributed by atoms with Gasteiger partial charge in [0.1, 0.15) is 5.75 Å². The molecular formula is C21H20F3N3O5. The minimum atomic E-state index is -5.08. The van der Waals surface area contributed by atoms with Gasteiger partial charge in [0.25, 0.3) is 5.91 Å². The number of anilines is 1. The monoisotopic (exact) mass is 451 g/mol. The molecule has 2 amide bonds. The van der Waals surface area contributed by atoms with E-state index < -0.39 is 12.1 Å². The number of amides is 2. The van der Waals surface area contributed by atoms with Crippen molar-refractivity contribution >= 4 is 23.5 Å². The zero-order chi connectivity index (χ0) is 23.5. The molecule has 0 aliphatic carbocycles. The van der Waals surface area contributed by atoms with Gasteiger partial charge in [-0.1, -0.05) is 6.07 Å². The summed E-state index contributed by atoms with van der Waals surface area (Å²) in [5, 5.41) is 7.12. The second kappa shape index (κ2) is 9.25. The van der Waals surface area contributed by atoms with Crippen LogP contribution in [0.5, 0.6) is 5.75 Å². The SMILES string of the molecule is COc1cccc(C(=O)N2CC[C@H]3[C@H]2CC(=O)N3c2cccnc2)c1.O=C(O)C(F)(F)F. The minimum absolute atomic E-state index is 0.0197. The summed E-state index contributed by atoms with van der Waals surface area (Å²) in [5.41, 5.74) is 1.39. The van der Waals surface area contributed by atoms with E-state index in [4.69, 9.17) is 14.6 Å². The van der Waals surface area contributed by atoms with Crippen LogP contribution in [0.4, 0.5) is 18.9 Å². The Bertz CT molecular complexity index is 1000. The van der Waals surface area contributed by atoms with E-state index >= 15 is 0 Å². The number of rotatable bonds is 3. The van der Waals surface area contributed by atoms with Crippen molar-refractivity contribution in [1.29, 1.82) is 0 Å². The van der Waals surface area contributed by atoms with E-state index in [1.54, 1.807) is 42.6 Å². The van der Waals surface area contributed by atoms with Crippen molar-refractivity contribution in [1.82, 2.24) is 9.88 Å². The number of carbonyl (C=O) groups is 3. The number of alkyl halides is 3. The number of nitrogens with zero attached hydrogens (tertiary/aromatic N) is 3. The number of carbonyl (C=O) groups excluding carboxylic acids is 2. The van der Waals surface area contributed by atoms with Gasteiger partial charge in [0.2, 0.25) is 5.91 Å². The number of aliphatic carboxylic acids is 1. The van der Waals surface area contributed by atoms with E-state index in [-0.39, 0.29) is 23.9 Å². The summed E-state index contributed by atoms with van der Waals surface area (Å²) in [6.07, 6.45) is -0.558. The second-order valence-electron chi connectivity index (χ2n) is 7.14. The normalized spacial score (nSPS) is 19.8. The molecule has 2 aromatic rings. The highest BCUT2D eigenvalue weighted by atomic mass is 19.4. The average Bonchev–Trinajstić information content (AvgIpc) is 3.31. The first kappa shape index (κ1) is 23.0. The highest BCUT2D eigenvalue weighted by Gasteiger charge is 2.49. The second-order valence-corrected chi connectivity index (χ2v) is 7.14. The number of halogens is 3. The molecule has 2 aliphatic rings. The smallest absolute Gasteiger partial charge is 0.490 e. The number of carboxylic acids is 1. The Morgan fingerprint density at radius 1 is 1.19 bits per heavy atom. The largest absolute Gasteiger partial charge is 0.497 e. The van der Waals surface area contributed by atoms with Gasteiger partial charge in [0, 0.05) is 24.7 Å². The molecule has 2 aliphatic heterocycles. The number of methoxy groups -OCH3 is 1. The summed E-state index contributed by atoms with van der Waals surface area (Å²) >= 11 is 0. The fraction of sp³-hybridized carbons (Fsp3) is 0.333. The van der Waals surface area contributed by atoms with E-state index in [2.05, 4.69) is 4.98 Å². The molecule has 8 nitrogen and oxygen atoms in total. The summed E-state index contributed by atoms with van der Waals surface area (Å²) in [5.74, 6) is -2.10. The number of fused-ring (bicyclic) bond motifs is 1. The number of aromatic nitrogens is 1. The molecule has 0 saturated carbocycles. The number of hydrogen-bond acceptors (Lipinski definition) is 5. The summed E-state index contributed by atoms with van der Waals surface area (Å²) in [4.78, 5) is 42.1. The summed E-state index contributed by atoms with van der Waals surface area (Å²) in [6.45, 7) is 0.648. The van der Waals surface area contributed by atoms with Crippen LogP contribution in [0.2, 0.25) is 0 Å². The van der Waals surface area contributed by atoms with Crippen molar-refractivity contribution in [3.63, 3.8) is 0 Å². The average molecular weight is 451 g/mol. The van der Waals surface area contributed by atoms with Gasteiger partial charge in [0.05, 0.1) is 31.1 Å². The van der Waals surface area contributed by atoms with Gasteiger partial charge in [-0.25, -0.2) is 4.79 Å². The van der Waals surface area contributed by atoms with E-state index in [1.165, 1.54) is 0 Å². The molecule has 2 atom stereocenters. The van der Waals surface area contributed by atoms with Crippen molar-refractivity contribution in [2.24, 2.45) is 0 Å². The molecular weight excluding hydrogens is 431 g/mol. The number of benzene rings is 1. The van der Waals surface area contributed by atoms with Crippen LogP contribution in [0.25, 0.3) is 0 Å². The Kier molecular flexibility index (Phi) is 6.66. The molecule has 2 fully saturated rings. The molecule has 0 radical (unpaired) electrons. The third kappa shape index (κ3) is 4.82. The number of ether oxygens (including phenoxy) is 1. The molecule has 2 saturated heterocycles. The number of pyridine rings is 1. The number of hydrogen-bond donors (Lipinski definition) is 1. The van der Waals surface area contributed by atoms with Crippen molar-refractivity contribution < 1.29 is 37.4 Å². The fourth-order valence-electron chi connectivity index (χ4n) is 3.85. The van der Waals surface area contributed by atoms with Crippen molar-refractivity contribution in [3.8, 4) is 5.75 Å². The first-order valence-electron chi connectivity index (χ1n) is 9.60. The van der Waals surface area contributed by atoms with Gasteiger partial charge in [-0.05, 0) is 36.8 Å². The molecule has 32 heavy (non-hydrogen) atoms. The van der Waals surface area contributed by atoms with Gasteiger partial charge in [0.15, 0.2) is 0 Å². The molecule has 1 N–H and O–H groups in total. The fourth-order valence-corrected chi connectivity index (χ4v) is 3.85. The van der Waals surface area contributed by atoms with Gasteiger partial charge in [-0.15, -0.1) is 0 Å². The van der Waals surface area contributed by atoms with Crippen LogP contribution < -0.4 is 9.64 Å². The first-order chi connectivity index (χ1) is 15.1. The highest BCUT2D eigenvalue weighted by Crippen LogP contribution is 2.36. The molecule has 1 aromatic carbocycles. The molecule has 11 heteroatoms. The Morgan fingerprint density at radius 2 is 1.91 bits per heavy atom. The molecule has 0 spiro atoms. The zero-order valence-corrected chi connectivity index (χ0v) is 17.0. The Morgan fingerprint density at radius 3 is 2.50 bits per heavy atom. The predicted octanol–water partition coefficient (Wildman–Crippen LogP) is 2.74. The lowest BCUT2D eigenvalue weighted by Gasteiger charge is -2.25. The molecule has 3 heterocycles. The molecule has 170 valence electrons. The standard InChI is InChI=1S/C19H19N3O3.C2HF3O2/c1-25-15-6-2-4-13(10-15)19(24)21-9-7-16-17(21)11-18(23)22(16)14-5-3-8-20-12-14;3-2(4,5)1(6)7/h2-6,8,10,12,16-17H,7,9,11H2,1H3;(H,6,7)/t16-,17+;/m0./s1. The summed E-state index contributed by atoms with van der Waals surface area (Å²) in [7, 11) is 1.58. The third-order valence-electron chi connectivity index (χ3n) is 5.24. The van der Waals surface area contributed by atoms with Crippen LogP contribution in [0, 0.1) is 0 Å². The molecule has 0 unspecified atom stereocenters. The van der Waals surface area contributed by atoms with Crippen LogP contribution in [-0.4, -0.2) is 64.7 Å². The van der Waals surface area contributed by atoms with Gasteiger partial charge >= 0.3 is 12.1 Å². The van der Waals surface area contributed by atoms with Crippen molar-refractivity contribution in [2.45, 2.75) is 31.1 Å². The lowest BCUT2D eigenvalue weighted by molar-refractivity contribution is -0.192. The van der Waals surface area contributed by atoms with E-state index in [0.717, 1.165) is 12.1 Å². The summed E-state index contributed by atoms with van der Waals surface area (Å²) < 4.78 is 36.9. The zero-order valence-electron chi connectivity index (χ0n) is 17.0. The maximum absolute atomic E-state index is 12.9. The van der Waals surface area contributed by atoms with Crippen molar-refractivity contribution in [2.75, 3.05) is 18.6 Å². The van der Waals surface area contributed by atoms with Crippen LogP contribution in [-0.2, 0) is 9.59 Å². The van der Waals surface area contributed by atoms with Crippen LogP contribution >= 0.6 is 0 Å². The van der Waals surface area contributed by atoms with Gasteiger partial charge in [-0.2, -0.15) is 13.2 Å². The maximum Gasteiger partial charge on any atom is 0.490 e. The Balaban J connectivity index is 0.000000360. The van der Waals surface area contributed by atoms with Crippen molar-refractivity contribution in [3.05, 3.63) is 54.4 Å². The third-order valence-corrected chi connectivity index (χ3v) is 5.24. The topological polar surface area (TPSA) is 100 Å². The highest BCUT2D eigenvalue weighted by molar-refractivity contribution is 6.00. The van der Waals surface area contributed by atoms with Crippen LogP contribution in [0.3, 0.4) is 0 Å². The first-order valence-corrected chi connectivity index (χ1v) is 9.60. The summed E-state index contributed by atoms with van der Waals surface area (Å²) in [6, 6.07) is 10.8. The molecule has 0 bridgehead atoms. The lowest BCUT2D eigenvalue weighted by atomic mass is 10.1. The molecule has 1 aromatic heterocycles. The van der Waals surface area contributed by atoms with E-state index in [1.807, 2.05) is 23.1 Å². The predicted molar refractivity (Wildman–Crippen MR) is 106 cm³/mol. The molecule has 4 rings (SSSR count). The van der Waals surface area contributed by atoms with E-state index in [9.17, 15) is 22.8 Å². The quantitative estimate of drug-likeness (QED) is 0.771. The lowest BCUT2D eigenvalue weighted by Crippen LogP contribution is -2.40. The van der Waals surface area contributed by atoms with Crippen LogP contribution in [0.15, 0.2) is 48.8 Å². The Hall–Kier alpha value is -3.63. The van der Waals surface area contributed by atoms with Gasteiger partial charge in [-0.3, -0.25) is 14.6 Å². The Labute approximate surface area is 181 Å². The van der Waals surface area contributed by atoms with Gasteiger partial charge < -0.3 is 19.6 Å². The van der Waals surface area contributed by atoms with Crippen LogP contribution in [0.1, 0.15) is 23.2 Å². The minimum Gasteiger partial charge on any atom is -0.497 e. The number of carboxylic acid groups (broad SMARTS) is 1. The van der Waals surface area contributed by atoms with E-state index in [0.29, 0.717) is 24.3 Å².